The number of carboxylic acid groups (broad SMARTS) is 1. The minimum absolute atomic E-state index is 0.189. The van der Waals surface area contributed by atoms with E-state index in [1.807, 2.05) is 0 Å². The molecule has 0 spiro atoms. The molecular weight excluding hydrogens is 376 g/mol. The molecule has 27 heavy (non-hydrogen) atoms. The van der Waals surface area contributed by atoms with Gasteiger partial charge in [-0.3, -0.25) is 0 Å². The number of pyridine rings is 1. The molecule has 2 aromatic rings. The zero-order chi connectivity index (χ0) is 19.8. The van der Waals surface area contributed by atoms with Gasteiger partial charge < -0.3 is 19.3 Å². The Balaban J connectivity index is 1.86. The van der Waals surface area contributed by atoms with Gasteiger partial charge in [0.1, 0.15) is 23.9 Å². The van der Waals surface area contributed by atoms with Crippen molar-refractivity contribution in [3.8, 4) is 23.4 Å². The first-order valence-electron chi connectivity index (χ1n) is 7.18. The summed E-state index contributed by atoms with van der Waals surface area (Å²) in [5.74, 6) is -2.62. The quantitative estimate of drug-likeness (QED) is 0.788. The molecule has 2 heterocycles. The highest BCUT2D eigenvalue weighted by Crippen LogP contribution is 2.41. The lowest BCUT2D eigenvalue weighted by molar-refractivity contribution is -0.286. The van der Waals surface area contributed by atoms with E-state index in [1.54, 1.807) is 6.07 Å². The molecule has 0 atom stereocenters. The topological polar surface area (TPSA) is 102 Å². The van der Waals surface area contributed by atoms with E-state index in [1.165, 1.54) is 18.2 Å². The number of hydrogen-bond donors (Lipinski definition) is 1. The molecule has 0 bridgehead atoms. The molecule has 140 valence electrons. The van der Waals surface area contributed by atoms with Gasteiger partial charge in [0, 0.05) is 0 Å². The van der Waals surface area contributed by atoms with E-state index in [0.29, 0.717) is 5.56 Å². The smallest absolute Gasteiger partial charge is 0.478 e. The van der Waals surface area contributed by atoms with Crippen LogP contribution in [0.2, 0.25) is 0 Å². The van der Waals surface area contributed by atoms with Gasteiger partial charge in [0.15, 0.2) is 11.5 Å². The normalized spacial score (nSPS) is 14.1. The van der Waals surface area contributed by atoms with Gasteiger partial charge >= 0.3 is 12.3 Å². The predicted octanol–water partition coefficient (Wildman–Crippen LogP) is 3.49. The fraction of sp³-hybridized carbons (Fsp3) is 0.188. The average molecular weight is 384 g/mol. The van der Waals surface area contributed by atoms with Crippen LogP contribution in [0.25, 0.3) is 0 Å². The molecule has 0 saturated heterocycles. The van der Waals surface area contributed by atoms with Gasteiger partial charge in [0.05, 0.1) is 5.56 Å². The number of alkyl halides is 4. The van der Waals surface area contributed by atoms with Crippen molar-refractivity contribution in [1.82, 2.24) is 4.98 Å². The zero-order valence-electron chi connectivity index (χ0n) is 13.1. The number of halogens is 4. The zero-order valence-corrected chi connectivity index (χ0v) is 13.1. The van der Waals surface area contributed by atoms with Gasteiger partial charge in [-0.25, -0.2) is 18.6 Å². The number of carbonyl (C=O) groups is 1. The maximum absolute atomic E-state index is 13.0. The van der Waals surface area contributed by atoms with Gasteiger partial charge in [-0.1, -0.05) is 6.07 Å². The maximum Gasteiger partial charge on any atom is 0.586 e. The molecule has 0 saturated carbocycles. The standard InChI is InChI=1S/C16H8F4N2O5/c17-13(18)12-9(15(23)24)4-8(5-21)14(22-12)25-6-7-1-2-10-11(3-7)27-16(19,20)26-10/h1-4,13H,6H2,(H,23,24). The number of nitriles is 1. The van der Waals surface area contributed by atoms with Crippen LogP contribution in [0.3, 0.4) is 0 Å². The van der Waals surface area contributed by atoms with Crippen LogP contribution in [0.4, 0.5) is 17.6 Å². The Labute approximate surface area is 148 Å². The molecule has 0 fully saturated rings. The summed E-state index contributed by atoms with van der Waals surface area (Å²) in [4.78, 5) is 14.5. The molecule has 3 rings (SSSR count). The van der Waals surface area contributed by atoms with Crippen molar-refractivity contribution in [3.05, 3.63) is 46.6 Å². The van der Waals surface area contributed by atoms with Gasteiger partial charge in [0.2, 0.25) is 5.88 Å². The van der Waals surface area contributed by atoms with Crippen molar-refractivity contribution in [2.24, 2.45) is 0 Å². The van der Waals surface area contributed by atoms with Gasteiger partial charge in [0.25, 0.3) is 6.43 Å². The molecule has 1 aromatic heterocycles. The Hall–Kier alpha value is -3.55. The molecule has 0 amide bonds. The van der Waals surface area contributed by atoms with Crippen LogP contribution in [0, 0.1) is 11.3 Å². The average Bonchev–Trinajstić information content (AvgIpc) is 2.91. The first-order chi connectivity index (χ1) is 12.7. The molecule has 0 aliphatic carbocycles. The number of nitrogens with zero attached hydrogens (tertiary/aromatic N) is 2. The monoisotopic (exact) mass is 384 g/mol. The molecule has 0 radical (unpaired) electrons. The summed E-state index contributed by atoms with van der Waals surface area (Å²) in [5, 5.41) is 18.0. The SMILES string of the molecule is N#Cc1cc(C(=O)O)c(C(F)F)nc1OCc1ccc2c(c1)OC(F)(F)O2. The van der Waals surface area contributed by atoms with Crippen LogP contribution in [0.1, 0.15) is 33.6 Å². The number of aromatic nitrogens is 1. The first kappa shape index (κ1) is 18.2. The van der Waals surface area contributed by atoms with Crippen molar-refractivity contribution in [2.75, 3.05) is 0 Å². The number of rotatable bonds is 5. The summed E-state index contributed by atoms with van der Waals surface area (Å²) in [6, 6.07) is 6.07. The molecule has 1 aliphatic heterocycles. The minimum atomic E-state index is -3.80. The van der Waals surface area contributed by atoms with Crippen LogP contribution in [0.5, 0.6) is 17.4 Å². The van der Waals surface area contributed by atoms with Crippen LogP contribution >= 0.6 is 0 Å². The number of hydrogen-bond acceptors (Lipinski definition) is 6. The van der Waals surface area contributed by atoms with Gasteiger partial charge in [-0.05, 0) is 23.8 Å². The molecule has 1 aliphatic rings. The summed E-state index contributed by atoms with van der Waals surface area (Å²) in [5.41, 5.74) is -1.95. The highest BCUT2D eigenvalue weighted by molar-refractivity contribution is 5.89. The van der Waals surface area contributed by atoms with Crippen molar-refractivity contribution in [1.29, 1.82) is 5.26 Å². The van der Waals surface area contributed by atoms with Crippen LogP contribution in [-0.2, 0) is 6.61 Å². The molecular formula is C16H8F4N2O5. The maximum atomic E-state index is 13.0. The number of aromatic carboxylic acids is 1. The summed E-state index contributed by atoms with van der Waals surface area (Å²) in [6.07, 6.45) is -7.00. The second-order valence-electron chi connectivity index (χ2n) is 5.23. The second kappa shape index (κ2) is 6.64. The molecule has 1 aromatic carbocycles. The van der Waals surface area contributed by atoms with Gasteiger partial charge in [-0.2, -0.15) is 5.26 Å². The Morgan fingerprint density at radius 2 is 2.00 bits per heavy atom. The van der Waals surface area contributed by atoms with Crippen LogP contribution in [-0.4, -0.2) is 22.4 Å². The molecule has 0 unspecified atom stereocenters. The summed E-state index contributed by atoms with van der Waals surface area (Å²) in [7, 11) is 0. The van der Waals surface area contributed by atoms with E-state index < -0.39 is 35.8 Å². The molecule has 7 nitrogen and oxygen atoms in total. The first-order valence-corrected chi connectivity index (χ1v) is 7.18. The van der Waals surface area contributed by atoms with E-state index >= 15 is 0 Å². The Bertz CT molecular complexity index is 959. The number of benzene rings is 1. The van der Waals surface area contributed by atoms with Crippen molar-refractivity contribution in [3.63, 3.8) is 0 Å². The Kier molecular flexibility index (Phi) is 4.49. The predicted molar refractivity (Wildman–Crippen MR) is 77.8 cm³/mol. The molecule has 11 heteroatoms. The largest absolute Gasteiger partial charge is 0.586 e. The fourth-order valence-electron chi connectivity index (χ4n) is 2.27. The van der Waals surface area contributed by atoms with E-state index in [2.05, 4.69) is 14.5 Å². The fourth-order valence-corrected chi connectivity index (χ4v) is 2.27. The summed E-state index contributed by atoms with van der Waals surface area (Å²) < 4.78 is 65.8. The lowest BCUT2D eigenvalue weighted by Crippen LogP contribution is -2.25. The third-order valence-electron chi connectivity index (χ3n) is 3.42. The van der Waals surface area contributed by atoms with Gasteiger partial charge in [-0.15, -0.1) is 8.78 Å². The van der Waals surface area contributed by atoms with E-state index in [9.17, 15) is 22.4 Å². The van der Waals surface area contributed by atoms with Crippen molar-refractivity contribution < 1.29 is 41.7 Å². The minimum Gasteiger partial charge on any atom is -0.478 e. The Morgan fingerprint density at radius 3 is 2.63 bits per heavy atom. The number of carboxylic acids is 1. The molecule has 1 N–H and O–H groups in total. The number of ether oxygens (including phenoxy) is 3. The highest BCUT2D eigenvalue weighted by atomic mass is 19.3. The summed E-state index contributed by atoms with van der Waals surface area (Å²) >= 11 is 0. The van der Waals surface area contributed by atoms with Crippen LogP contribution in [0.15, 0.2) is 24.3 Å². The number of fused-ring (bicyclic) bond motifs is 1. The summed E-state index contributed by atoms with van der Waals surface area (Å²) in [6.45, 7) is -0.334. The third kappa shape index (κ3) is 3.69. The van der Waals surface area contributed by atoms with Crippen LogP contribution < -0.4 is 14.2 Å². The van der Waals surface area contributed by atoms with E-state index in [-0.39, 0.29) is 23.7 Å². The second-order valence-corrected chi connectivity index (χ2v) is 5.23. The lowest BCUT2D eigenvalue weighted by Gasteiger charge is -2.11. The lowest BCUT2D eigenvalue weighted by atomic mass is 10.1. The van der Waals surface area contributed by atoms with E-state index in [0.717, 1.165) is 6.07 Å². The highest BCUT2D eigenvalue weighted by Gasteiger charge is 2.43. The van der Waals surface area contributed by atoms with E-state index in [4.69, 9.17) is 15.1 Å². The Morgan fingerprint density at radius 1 is 1.30 bits per heavy atom. The van der Waals surface area contributed by atoms with Crippen molar-refractivity contribution in [2.45, 2.75) is 19.3 Å². The third-order valence-corrected chi connectivity index (χ3v) is 3.42. The van der Waals surface area contributed by atoms with Crippen molar-refractivity contribution >= 4 is 5.97 Å².